The molecule has 0 unspecified atom stereocenters. The molecule has 14 heteroatoms. The zero-order valence-corrected chi connectivity index (χ0v) is 17.4. The van der Waals surface area contributed by atoms with E-state index in [0.717, 1.165) is 10.4 Å². The number of rotatable bonds is 8. The van der Waals surface area contributed by atoms with E-state index in [2.05, 4.69) is 4.74 Å². The van der Waals surface area contributed by atoms with Gasteiger partial charge < -0.3 is 10.1 Å². The number of urea groups is 1. The molecule has 0 aliphatic rings. The molecular weight excluding hydrogens is 455 g/mol. The Morgan fingerprint density at radius 1 is 1.17 bits per heavy atom. The number of halogens is 4. The highest BCUT2D eigenvalue weighted by atomic mass is 35.5. The summed E-state index contributed by atoms with van der Waals surface area (Å²) >= 11 is 5.94. The molecule has 0 aliphatic carbocycles. The molecule has 0 atom stereocenters. The van der Waals surface area contributed by atoms with Crippen molar-refractivity contribution in [1.82, 2.24) is 14.9 Å². The molecule has 1 aromatic carbocycles. The number of imide groups is 1. The summed E-state index contributed by atoms with van der Waals surface area (Å²) in [6, 6.07) is 1.89. The zero-order valence-electron chi connectivity index (χ0n) is 15.9. The minimum absolute atomic E-state index is 0.127. The smallest absolute Gasteiger partial charge is 0.405 e. The molecule has 0 bridgehead atoms. The van der Waals surface area contributed by atoms with Crippen molar-refractivity contribution in [2.75, 3.05) is 26.2 Å². The van der Waals surface area contributed by atoms with Gasteiger partial charge in [0.2, 0.25) is 10.0 Å². The number of carbonyl (C=O) groups excluding carboxylic acids is 3. The van der Waals surface area contributed by atoms with Gasteiger partial charge in [-0.1, -0.05) is 25.4 Å². The average Bonchev–Trinajstić information content (AvgIpc) is 2.65. The summed E-state index contributed by atoms with van der Waals surface area (Å²) in [6.45, 7) is 0.938. The van der Waals surface area contributed by atoms with Crippen LogP contribution in [0.4, 0.5) is 18.0 Å². The second-order valence-corrected chi connectivity index (χ2v) is 7.97. The molecule has 1 rings (SSSR count). The highest BCUT2D eigenvalue weighted by molar-refractivity contribution is 7.89. The highest BCUT2D eigenvalue weighted by Crippen LogP contribution is 2.26. The van der Waals surface area contributed by atoms with E-state index in [1.165, 1.54) is 17.4 Å². The van der Waals surface area contributed by atoms with Crippen molar-refractivity contribution < 1.29 is 40.7 Å². The van der Waals surface area contributed by atoms with Crippen LogP contribution in [0.15, 0.2) is 23.1 Å². The lowest BCUT2D eigenvalue weighted by atomic mass is 10.2. The maximum Gasteiger partial charge on any atom is 0.405 e. The van der Waals surface area contributed by atoms with Gasteiger partial charge in [0, 0.05) is 13.1 Å². The van der Waals surface area contributed by atoms with Crippen LogP contribution in [-0.4, -0.2) is 63.0 Å². The monoisotopic (exact) mass is 473 g/mol. The molecule has 3 amide bonds. The largest absolute Gasteiger partial charge is 0.452 e. The number of nitrogens with one attached hydrogen (secondary N) is 2. The van der Waals surface area contributed by atoms with Gasteiger partial charge in [-0.15, -0.1) is 0 Å². The van der Waals surface area contributed by atoms with Crippen LogP contribution in [0.25, 0.3) is 0 Å². The van der Waals surface area contributed by atoms with Crippen molar-refractivity contribution in [1.29, 1.82) is 0 Å². The molecule has 168 valence electrons. The maximum atomic E-state index is 12.6. The Morgan fingerprint density at radius 2 is 1.77 bits per heavy atom. The lowest BCUT2D eigenvalue weighted by Crippen LogP contribution is -2.44. The van der Waals surface area contributed by atoms with Gasteiger partial charge in [-0.25, -0.2) is 18.0 Å². The van der Waals surface area contributed by atoms with Crippen molar-refractivity contribution in [2.24, 2.45) is 0 Å². The van der Waals surface area contributed by atoms with Crippen LogP contribution in [-0.2, 0) is 19.6 Å². The van der Waals surface area contributed by atoms with Gasteiger partial charge in [0.25, 0.3) is 5.91 Å². The first-order valence-corrected chi connectivity index (χ1v) is 10.2. The molecule has 0 spiro atoms. The molecule has 0 saturated heterocycles. The number of hydrogen-bond donors (Lipinski definition) is 2. The minimum atomic E-state index is -4.66. The second kappa shape index (κ2) is 10.6. The fraction of sp³-hybridized carbons (Fsp3) is 0.438. The Morgan fingerprint density at radius 3 is 2.30 bits per heavy atom. The third-order valence-corrected chi connectivity index (χ3v) is 6.06. The molecule has 30 heavy (non-hydrogen) atoms. The first-order valence-electron chi connectivity index (χ1n) is 8.43. The third kappa shape index (κ3) is 7.46. The number of carbonyl (C=O) groups is 3. The van der Waals surface area contributed by atoms with Crippen molar-refractivity contribution in [3.8, 4) is 0 Å². The molecular formula is C16H19ClF3N3O6S. The summed E-state index contributed by atoms with van der Waals surface area (Å²) < 4.78 is 66.9. The van der Waals surface area contributed by atoms with Crippen LogP contribution in [0, 0.1) is 0 Å². The summed E-state index contributed by atoms with van der Waals surface area (Å²) in [7, 11) is -3.98. The number of amides is 3. The summed E-state index contributed by atoms with van der Waals surface area (Å²) in [5.74, 6) is -2.29. The first kappa shape index (κ1) is 25.7. The van der Waals surface area contributed by atoms with Crippen LogP contribution < -0.4 is 10.6 Å². The molecule has 0 saturated carbocycles. The van der Waals surface area contributed by atoms with E-state index in [-0.39, 0.29) is 28.6 Å². The van der Waals surface area contributed by atoms with Gasteiger partial charge >= 0.3 is 18.2 Å². The predicted octanol–water partition coefficient (Wildman–Crippen LogP) is 1.92. The Labute approximate surface area is 175 Å². The van der Waals surface area contributed by atoms with Gasteiger partial charge in [-0.3, -0.25) is 10.1 Å². The second-order valence-electron chi connectivity index (χ2n) is 5.66. The zero-order chi connectivity index (χ0) is 23.1. The molecule has 0 radical (unpaired) electrons. The first-order chi connectivity index (χ1) is 13.8. The van der Waals surface area contributed by atoms with E-state index in [1.807, 2.05) is 0 Å². The van der Waals surface area contributed by atoms with E-state index in [0.29, 0.717) is 0 Å². The SMILES string of the molecule is CCN(CC)S(=O)(=O)c1cc(C(=O)OCC(=O)NC(=O)NCC(F)(F)F)ccc1Cl. The number of esters is 1. The molecule has 2 N–H and O–H groups in total. The van der Waals surface area contributed by atoms with Gasteiger partial charge in [0.05, 0.1) is 10.6 Å². The standard InChI is InChI=1S/C16H19ClF3N3O6S/c1-3-23(4-2)30(27,28)12-7-10(5-6-11(12)17)14(25)29-8-13(24)22-15(26)21-9-16(18,19)20/h5-7H,3-4,8-9H2,1-2H3,(H2,21,22,24,26). The number of sulfonamides is 1. The molecule has 0 aliphatic heterocycles. The van der Waals surface area contributed by atoms with Gasteiger partial charge in [-0.2, -0.15) is 17.5 Å². The number of benzene rings is 1. The number of hydrogen-bond acceptors (Lipinski definition) is 6. The maximum absolute atomic E-state index is 12.6. The van der Waals surface area contributed by atoms with E-state index in [9.17, 15) is 36.0 Å². The van der Waals surface area contributed by atoms with E-state index >= 15 is 0 Å². The fourth-order valence-electron chi connectivity index (χ4n) is 2.13. The molecule has 0 fully saturated rings. The van der Waals surface area contributed by atoms with Crippen LogP contribution in [0.2, 0.25) is 5.02 Å². The van der Waals surface area contributed by atoms with Crippen molar-refractivity contribution >= 4 is 39.5 Å². The Kier molecular flexibility index (Phi) is 9.06. The Balaban J connectivity index is 2.79. The number of nitrogens with zero attached hydrogens (tertiary/aromatic N) is 1. The van der Waals surface area contributed by atoms with Crippen LogP contribution in [0.1, 0.15) is 24.2 Å². The summed E-state index contributed by atoms with van der Waals surface area (Å²) in [6.07, 6.45) is -4.66. The van der Waals surface area contributed by atoms with E-state index in [4.69, 9.17) is 11.6 Å². The fourth-order valence-corrected chi connectivity index (χ4v) is 4.09. The van der Waals surface area contributed by atoms with Crippen molar-refractivity contribution in [3.05, 3.63) is 28.8 Å². The van der Waals surface area contributed by atoms with Crippen molar-refractivity contribution in [3.63, 3.8) is 0 Å². The molecule has 1 aromatic rings. The molecule has 0 aromatic heterocycles. The minimum Gasteiger partial charge on any atom is -0.452 e. The normalized spacial score (nSPS) is 11.8. The summed E-state index contributed by atoms with van der Waals surface area (Å²) in [5.41, 5.74) is -0.237. The number of ether oxygens (including phenoxy) is 1. The number of alkyl halides is 3. The van der Waals surface area contributed by atoms with Crippen LogP contribution in [0.3, 0.4) is 0 Å². The van der Waals surface area contributed by atoms with Crippen LogP contribution >= 0.6 is 11.6 Å². The Hall–Kier alpha value is -2.38. The average molecular weight is 474 g/mol. The lowest BCUT2D eigenvalue weighted by Gasteiger charge is -2.19. The van der Waals surface area contributed by atoms with E-state index < -0.39 is 47.3 Å². The predicted molar refractivity (Wildman–Crippen MR) is 99.4 cm³/mol. The Bertz CT molecular complexity index is 904. The third-order valence-electron chi connectivity index (χ3n) is 3.53. The summed E-state index contributed by atoms with van der Waals surface area (Å²) in [5, 5.41) is 2.82. The van der Waals surface area contributed by atoms with Gasteiger partial charge in [0.15, 0.2) is 6.61 Å². The van der Waals surface area contributed by atoms with Crippen molar-refractivity contribution in [2.45, 2.75) is 24.9 Å². The van der Waals surface area contributed by atoms with Gasteiger partial charge in [-0.05, 0) is 18.2 Å². The quantitative estimate of drug-likeness (QED) is 0.556. The molecule has 9 nitrogen and oxygen atoms in total. The van der Waals surface area contributed by atoms with E-state index in [1.54, 1.807) is 19.2 Å². The lowest BCUT2D eigenvalue weighted by molar-refractivity contribution is -0.125. The van der Waals surface area contributed by atoms with Gasteiger partial charge in [0.1, 0.15) is 11.4 Å². The molecule has 0 heterocycles. The summed E-state index contributed by atoms with van der Waals surface area (Å²) in [4.78, 5) is 34.4. The highest BCUT2D eigenvalue weighted by Gasteiger charge is 2.28. The van der Waals surface area contributed by atoms with Crippen LogP contribution in [0.5, 0.6) is 0 Å². The topological polar surface area (TPSA) is 122 Å².